The molecule has 10 rings (SSSR count). The fourth-order valence-corrected chi connectivity index (χ4v) is 16.7. The minimum absolute atomic E-state index is 0. The van der Waals surface area contributed by atoms with Gasteiger partial charge in [-0.1, -0.05) is 281 Å². The molecule has 0 atom stereocenters. The lowest BCUT2D eigenvalue weighted by Gasteiger charge is -2.40. The van der Waals surface area contributed by atoms with Gasteiger partial charge in [-0.2, -0.15) is 0 Å². The van der Waals surface area contributed by atoms with Crippen LogP contribution in [0.5, 0.6) is 0 Å². The first-order valence-electron chi connectivity index (χ1n) is 30.2. The van der Waals surface area contributed by atoms with E-state index >= 15 is 0 Å². The fourth-order valence-electron chi connectivity index (χ4n) is 16.7. The van der Waals surface area contributed by atoms with Crippen LogP contribution in [-0.4, -0.2) is 0 Å². The Bertz CT molecular complexity index is 1010. The quantitative estimate of drug-likeness (QED) is 0.238. The van der Waals surface area contributed by atoms with Crippen molar-refractivity contribution in [3.05, 3.63) is 0 Å². The summed E-state index contributed by atoms with van der Waals surface area (Å²) in [6.07, 6.45) is 61.7. The summed E-state index contributed by atoms with van der Waals surface area (Å²) in [6, 6.07) is 0. The van der Waals surface area contributed by atoms with E-state index in [1.165, 1.54) is 128 Å². The first-order valence-corrected chi connectivity index (χ1v) is 30.2. The van der Waals surface area contributed by atoms with Crippen molar-refractivity contribution in [1.82, 2.24) is 0 Å². The van der Waals surface area contributed by atoms with E-state index in [4.69, 9.17) is 0 Å². The molecule has 0 amide bonds. The highest BCUT2D eigenvalue weighted by atomic mass is 14.4. The zero-order chi connectivity index (χ0) is 43.5. The predicted molar refractivity (Wildman–Crippen MR) is 328 cm³/mol. The van der Waals surface area contributed by atoms with Gasteiger partial charge in [0.2, 0.25) is 0 Å². The van der Waals surface area contributed by atoms with Gasteiger partial charge in [0.1, 0.15) is 0 Å². The van der Waals surface area contributed by atoms with E-state index < -0.39 is 0 Å². The van der Waals surface area contributed by atoms with E-state index in [9.17, 15) is 0 Å². The van der Waals surface area contributed by atoms with Crippen molar-refractivity contribution >= 4 is 0 Å². The molecule has 0 saturated heterocycles. The van der Waals surface area contributed by atoms with E-state index in [1.807, 2.05) is 0 Å². The van der Waals surface area contributed by atoms with E-state index in [1.54, 1.807) is 128 Å². The van der Waals surface area contributed by atoms with E-state index in [2.05, 4.69) is 41.5 Å². The van der Waals surface area contributed by atoms with Crippen LogP contribution in [0.2, 0.25) is 0 Å². The number of rotatable bonds is 7. The van der Waals surface area contributed by atoms with Gasteiger partial charge in [0.05, 0.1) is 0 Å². The molecule has 0 aromatic rings. The molecular weight excluding hydrogens is 841 g/mol. The lowest BCUT2D eigenvalue weighted by Crippen LogP contribution is -2.29. The van der Waals surface area contributed by atoms with Gasteiger partial charge in [0.15, 0.2) is 0 Å². The summed E-state index contributed by atoms with van der Waals surface area (Å²) in [6.45, 7) is 14.2. The second-order valence-electron chi connectivity index (χ2n) is 26.1. The molecule has 10 fully saturated rings. The SMILES string of the molecule is C.C.C.C.C.C.C.C.C1CCC(C2CCC(C3CCC(C4CCCC4)CC3)CC2)C1.C1CCC(C2CCCC2)C1.CC(C)C1CCC(C2CCCC2)CC1.CC(C)C1CCCC1.CC1CCC(C)CC1. The third-order valence-electron chi connectivity index (χ3n) is 21.4. The van der Waals surface area contributed by atoms with Crippen LogP contribution >= 0.6 is 0 Å². The molecule has 0 nitrogen and oxygen atoms in total. The van der Waals surface area contributed by atoms with E-state index in [-0.39, 0.29) is 59.4 Å². The Morgan fingerprint density at radius 2 is 0.329 bits per heavy atom. The molecule has 0 N–H and O–H groups in total. The van der Waals surface area contributed by atoms with Crippen LogP contribution in [-0.2, 0) is 0 Å². The molecule has 0 heteroatoms. The van der Waals surface area contributed by atoms with Crippen LogP contribution in [0.15, 0.2) is 0 Å². The predicted octanol–water partition coefficient (Wildman–Crippen LogP) is 25.7. The van der Waals surface area contributed by atoms with Crippen LogP contribution in [0.1, 0.15) is 358 Å². The van der Waals surface area contributed by atoms with Crippen molar-refractivity contribution in [2.24, 2.45) is 94.7 Å². The van der Waals surface area contributed by atoms with Gasteiger partial charge < -0.3 is 0 Å². The van der Waals surface area contributed by atoms with Crippen molar-refractivity contribution < 1.29 is 0 Å². The summed E-state index contributed by atoms with van der Waals surface area (Å²) >= 11 is 0. The molecule has 0 heterocycles. The van der Waals surface area contributed by atoms with Crippen molar-refractivity contribution in [2.75, 3.05) is 0 Å². The van der Waals surface area contributed by atoms with Crippen LogP contribution in [0.3, 0.4) is 0 Å². The largest absolute Gasteiger partial charge is 0.0776 e. The number of hydrogen-bond acceptors (Lipinski definition) is 0. The van der Waals surface area contributed by atoms with Crippen molar-refractivity contribution in [3.63, 3.8) is 0 Å². The zero-order valence-corrected chi connectivity index (χ0v) is 43.5. The number of hydrogen-bond donors (Lipinski definition) is 0. The van der Waals surface area contributed by atoms with Crippen LogP contribution < -0.4 is 0 Å². The maximum Gasteiger partial charge on any atom is -0.0386 e. The summed E-state index contributed by atoms with van der Waals surface area (Å²) in [5, 5.41) is 0. The normalized spacial score (nSPS) is 31.7. The maximum absolute atomic E-state index is 2.40. The lowest BCUT2D eigenvalue weighted by atomic mass is 9.66. The maximum atomic E-state index is 2.40. The highest BCUT2D eigenvalue weighted by Gasteiger charge is 2.36. The standard InChI is InChI=1S/C22H38.C14H26.C10H18.2C8H16.8CH4/c1-2-6-17(5-1)19-9-13-21(14-10-19)22-15-11-20(12-16-22)18-7-3-4-8-18;1-11(2)12-7-9-14(10-8-12)13-5-3-4-6-13;1-2-6-9(5-1)10-7-3-4-8-10;1-7-3-5-8(2)6-4-7;1-7(2)8-5-3-4-6-8;;;;;;;;/h17-22H,1-16H2;11-14H,3-10H2,1-2H3;9-10H,1-8H2;2*7-8H,3-6H2,1-2H3;8*1H4. The summed E-state index contributed by atoms with van der Waals surface area (Å²) in [5.41, 5.74) is 0. The summed E-state index contributed by atoms with van der Waals surface area (Å²) in [7, 11) is 0. The second-order valence-corrected chi connectivity index (χ2v) is 26.1. The Kier molecular flexibility index (Phi) is 43.7. The van der Waals surface area contributed by atoms with Gasteiger partial charge in [0, 0.05) is 0 Å². The first-order chi connectivity index (χ1) is 30.2. The fraction of sp³-hybridized carbons (Fsp3) is 1.00. The summed E-state index contributed by atoms with van der Waals surface area (Å²) < 4.78 is 0. The van der Waals surface area contributed by atoms with Gasteiger partial charge in [-0.15, -0.1) is 0 Å². The van der Waals surface area contributed by atoms with Gasteiger partial charge in [-0.05, 0) is 172 Å². The molecule has 0 aliphatic heterocycles. The minimum atomic E-state index is 0. The topological polar surface area (TPSA) is 0 Å². The lowest BCUT2D eigenvalue weighted by molar-refractivity contribution is 0.112. The Morgan fingerprint density at radius 1 is 0.186 bits per heavy atom. The zero-order valence-electron chi connectivity index (χ0n) is 43.5. The molecule has 0 spiro atoms. The average molecular weight is 988 g/mol. The smallest absolute Gasteiger partial charge is 0.0386 e. The molecule has 426 valence electrons. The molecule has 10 aliphatic rings. The van der Waals surface area contributed by atoms with Crippen molar-refractivity contribution in [2.45, 2.75) is 358 Å². The Morgan fingerprint density at radius 3 is 0.500 bits per heavy atom. The van der Waals surface area contributed by atoms with Crippen molar-refractivity contribution in [3.8, 4) is 0 Å². The van der Waals surface area contributed by atoms with E-state index in [0.717, 1.165) is 94.7 Å². The Labute approximate surface area is 450 Å². The van der Waals surface area contributed by atoms with Gasteiger partial charge in [-0.25, -0.2) is 0 Å². The summed E-state index contributed by atoms with van der Waals surface area (Å²) in [5.74, 6) is 17.4. The second kappa shape index (κ2) is 41.2. The molecule has 0 unspecified atom stereocenters. The molecular formula is C70H146. The molecule has 70 heavy (non-hydrogen) atoms. The van der Waals surface area contributed by atoms with Crippen LogP contribution in [0.25, 0.3) is 0 Å². The third-order valence-corrected chi connectivity index (χ3v) is 21.4. The molecule has 10 saturated carbocycles. The highest BCUT2D eigenvalue weighted by Crippen LogP contribution is 2.48. The summed E-state index contributed by atoms with van der Waals surface area (Å²) in [4.78, 5) is 0. The van der Waals surface area contributed by atoms with Crippen molar-refractivity contribution in [1.29, 1.82) is 0 Å². The highest BCUT2D eigenvalue weighted by molar-refractivity contribution is 4.88. The molecule has 0 aromatic heterocycles. The van der Waals surface area contributed by atoms with Crippen LogP contribution in [0, 0.1) is 94.7 Å². The van der Waals surface area contributed by atoms with E-state index in [0.29, 0.717) is 0 Å². The van der Waals surface area contributed by atoms with Gasteiger partial charge >= 0.3 is 0 Å². The minimum Gasteiger partial charge on any atom is -0.0776 e. The average Bonchev–Trinajstić information content (AvgIpc) is 4.17. The van der Waals surface area contributed by atoms with Gasteiger partial charge in [0.25, 0.3) is 0 Å². The van der Waals surface area contributed by atoms with Gasteiger partial charge in [-0.3, -0.25) is 0 Å². The third kappa shape index (κ3) is 25.2. The molecule has 0 radical (unpaired) electrons. The molecule has 0 aromatic carbocycles. The first kappa shape index (κ1) is 74.2. The monoisotopic (exact) mass is 987 g/mol. The van der Waals surface area contributed by atoms with Crippen LogP contribution in [0.4, 0.5) is 0 Å². The Hall–Kier alpha value is 0. The molecule has 10 aliphatic carbocycles. The molecule has 0 bridgehead atoms. The Balaban J connectivity index is -0.000000824.